The normalized spacial score (nSPS) is 38.8. The van der Waals surface area contributed by atoms with Crippen molar-refractivity contribution in [3.05, 3.63) is 35.4 Å². The Morgan fingerprint density at radius 3 is 2.57 bits per heavy atom. The zero-order valence-corrected chi connectivity index (χ0v) is 15.3. The van der Waals surface area contributed by atoms with Gasteiger partial charge in [0.15, 0.2) is 0 Å². The number of aryl methyl sites for hydroxylation is 1. The molecular weight excluding hydrogens is 306 g/mol. The summed E-state index contributed by atoms with van der Waals surface area (Å²) in [5, 5.41) is -0.138. The van der Waals surface area contributed by atoms with E-state index in [2.05, 4.69) is 52.0 Å². The maximum absolute atomic E-state index is 6.67. The van der Waals surface area contributed by atoms with Gasteiger partial charge in [0.1, 0.15) is 0 Å². The highest BCUT2D eigenvalue weighted by molar-refractivity contribution is 6.60. The Balaban J connectivity index is 1.47. The van der Waals surface area contributed by atoms with Crippen molar-refractivity contribution in [1.82, 2.24) is 0 Å². The van der Waals surface area contributed by atoms with Crippen molar-refractivity contribution >= 4 is 18.7 Å². The SMILES string of the molecule is Cc1ccc(C[C@@H](Cl)B2O[C@@H]3CC4CC(C4(C)C)[C@]3(C)O2)cc1. The molecule has 3 saturated carbocycles. The average Bonchev–Trinajstić information content (AvgIpc) is 2.86. The van der Waals surface area contributed by atoms with Crippen LogP contribution in [0.5, 0.6) is 0 Å². The van der Waals surface area contributed by atoms with Crippen LogP contribution in [0.4, 0.5) is 0 Å². The first kappa shape index (κ1) is 16.0. The zero-order valence-electron chi connectivity index (χ0n) is 14.5. The van der Waals surface area contributed by atoms with Gasteiger partial charge >= 0.3 is 7.12 Å². The van der Waals surface area contributed by atoms with Crippen LogP contribution in [-0.2, 0) is 15.7 Å². The van der Waals surface area contributed by atoms with Gasteiger partial charge in [0, 0.05) is 0 Å². The Labute approximate surface area is 145 Å². The minimum Gasteiger partial charge on any atom is -0.404 e. The lowest BCUT2D eigenvalue weighted by Crippen LogP contribution is -2.65. The van der Waals surface area contributed by atoms with Gasteiger partial charge in [-0.1, -0.05) is 43.7 Å². The van der Waals surface area contributed by atoms with E-state index >= 15 is 0 Å². The summed E-state index contributed by atoms with van der Waals surface area (Å²) in [7, 11) is -0.289. The second-order valence-electron chi connectivity index (χ2n) is 8.54. The molecule has 23 heavy (non-hydrogen) atoms. The quantitative estimate of drug-likeness (QED) is 0.603. The van der Waals surface area contributed by atoms with Crippen LogP contribution in [0.15, 0.2) is 24.3 Å². The molecule has 2 bridgehead atoms. The fourth-order valence-electron chi connectivity index (χ4n) is 5.10. The molecule has 5 rings (SSSR count). The second kappa shape index (κ2) is 5.24. The molecule has 1 heterocycles. The predicted molar refractivity (Wildman–Crippen MR) is 94.6 cm³/mol. The lowest BCUT2D eigenvalue weighted by atomic mass is 9.43. The van der Waals surface area contributed by atoms with Crippen molar-refractivity contribution in [2.75, 3.05) is 0 Å². The van der Waals surface area contributed by atoms with E-state index in [1.54, 1.807) is 0 Å². The fraction of sp³-hybridized carbons (Fsp3) is 0.684. The summed E-state index contributed by atoms with van der Waals surface area (Å²) in [5.41, 5.74) is 2.73. The molecule has 5 atom stereocenters. The molecule has 1 aliphatic heterocycles. The van der Waals surface area contributed by atoms with Gasteiger partial charge < -0.3 is 9.31 Å². The molecule has 0 spiro atoms. The number of hydrogen-bond donors (Lipinski definition) is 0. The summed E-state index contributed by atoms with van der Waals surface area (Å²) in [6.45, 7) is 9.11. The molecule has 0 N–H and O–H groups in total. The van der Waals surface area contributed by atoms with Crippen LogP contribution in [0.3, 0.4) is 0 Å². The molecule has 2 nitrogen and oxygen atoms in total. The summed E-state index contributed by atoms with van der Waals surface area (Å²) >= 11 is 6.67. The third-order valence-electron chi connectivity index (χ3n) is 6.82. The number of alkyl halides is 1. The van der Waals surface area contributed by atoms with Gasteiger partial charge in [-0.3, -0.25) is 0 Å². The maximum Gasteiger partial charge on any atom is 0.477 e. The Hall–Kier alpha value is -0.505. The summed E-state index contributed by atoms with van der Waals surface area (Å²) in [6.07, 6.45) is 3.39. The summed E-state index contributed by atoms with van der Waals surface area (Å²) in [5.74, 6) is 1.37. The van der Waals surface area contributed by atoms with Gasteiger partial charge in [-0.2, -0.15) is 0 Å². The van der Waals surface area contributed by atoms with E-state index in [0.717, 1.165) is 18.8 Å². The average molecular weight is 333 g/mol. The third kappa shape index (κ3) is 2.39. The standard InChI is InChI=1S/C19H26BClO2/c1-12-5-7-13(8-6-12)9-17(21)20-22-16-11-14-10-15(18(14,2)3)19(16,4)23-20/h5-8,14-17H,9-11H2,1-4H3/t14?,15?,16-,17-,19+/m1/s1. The minimum absolute atomic E-state index is 0.138. The van der Waals surface area contributed by atoms with E-state index in [1.165, 1.54) is 17.5 Å². The molecule has 0 amide bonds. The lowest BCUT2D eigenvalue weighted by Gasteiger charge is -2.64. The molecule has 4 heteroatoms. The van der Waals surface area contributed by atoms with E-state index in [9.17, 15) is 0 Å². The molecule has 124 valence electrons. The van der Waals surface area contributed by atoms with Crippen molar-refractivity contribution < 1.29 is 9.31 Å². The molecular formula is C19H26BClO2. The number of halogens is 1. The van der Waals surface area contributed by atoms with Gasteiger partial charge in [0.2, 0.25) is 0 Å². The molecule has 3 aliphatic carbocycles. The van der Waals surface area contributed by atoms with E-state index in [1.807, 2.05) is 0 Å². The highest BCUT2D eigenvalue weighted by Crippen LogP contribution is 2.65. The molecule has 2 unspecified atom stereocenters. The van der Waals surface area contributed by atoms with Crippen molar-refractivity contribution in [2.24, 2.45) is 17.3 Å². The van der Waals surface area contributed by atoms with Crippen LogP contribution in [0.25, 0.3) is 0 Å². The van der Waals surface area contributed by atoms with Crippen LogP contribution in [0.1, 0.15) is 44.7 Å². The van der Waals surface area contributed by atoms with Crippen LogP contribution in [0, 0.1) is 24.2 Å². The van der Waals surface area contributed by atoms with Crippen LogP contribution in [0.2, 0.25) is 0 Å². The molecule has 0 radical (unpaired) electrons. The Morgan fingerprint density at radius 2 is 1.91 bits per heavy atom. The Morgan fingerprint density at radius 1 is 1.22 bits per heavy atom. The Kier molecular flexibility index (Phi) is 3.65. The molecule has 1 aromatic carbocycles. The summed E-state index contributed by atoms with van der Waals surface area (Å²) in [6, 6.07) is 8.56. The van der Waals surface area contributed by atoms with Gasteiger partial charge in [-0.05, 0) is 55.9 Å². The number of rotatable bonds is 3. The maximum atomic E-state index is 6.67. The Bertz CT molecular complexity index is 602. The van der Waals surface area contributed by atoms with Crippen molar-refractivity contribution in [2.45, 2.75) is 63.9 Å². The van der Waals surface area contributed by atoms with Gasteiger partial charge in [-0.15, -0.1) is 11.6 Å². The van der Waals surface area contributed by atoms with E-state index in [0.29, 0.717) is 11.3 Å². The lowest BCUT2D eigenvalue weighted by molar-refractivity contribution is -0.199. The van der Waals surface area contributed by atoms with Gasteiger partial charge in [0.25, 0.3) is 0 Å². The third-order valence-corrected chi connectivity index (χ3v) is 7.18. The van der Waals surface area contributed by atoms with Gasteiger partial charge in [0.05, 0.1) is 17.0 Å². The first-order valence-corrected chi connectivity index (χ1v) is 9.27. The zero-order chi connectivity index (χ0) is 16.4. The van der Waals surface area contributed by atoms with Crippen molar-refractivity contribution in [3.63, 3.8) is 0 Å². The fourth-order valence-corrected chi connectivity index (χ4v) is 5.39. The van der Waals surface area contributed by atoms with Crippen LogP contribution < -0.4 is 0 Å². The van der Waals surface area contributed by atoms with Crippen LogP contribution in [-0.4, -0.2) is 24.1 Å². The minimum atomic E-state index is -0.289. The first-order chi connectivity index (χ1) is 10.8. The van der Waals surface area contributed by atoms with E-state index < -0.39 is 0 Å². The number of hydrogen-bond acceptors (Lipinski definition) is 2. The molecule has 4 aliphatic rings. The monoisotopic (exact) mass is 332 g/mol. The first-order valence-electron chi connectivity index (χ1n) is 8.83. The second-order valence-corrected chi connectivity index (χ2v) is 9.10. The predicted octanol–water partition coefficient (Wildman–Crippen LogP) is 4.41. The summed E-state index contributed by atoms with van der Waals surface area (Å²) in [4.78, 5) is 0. The molecule has 1 saturated heterocycles. The summed E-state index contributed by atoms with van der Waals surface area (Å²) < 4.78 is 12.7. The van der Waals surface area contributed by atoms with Gasteiger partial charge in [-0.25, -0.2) is 0 Å². The topological polar surface area (TPSA) is 18.5 Å². The molecule has 0 aromatic heterocycles. The van der Waals surface area contributed by atoms with Crippen LogP contribution >= 0.6 is 11.6 Å². The van der Waals surface area contributed by atoms with Crippen molar-refractivity contribution in [3.8, 4) is 0 Å². The van der Waals surface area contributed by atoms with E-state index in [4.69, 9.17) is 20.9 Å². The highest BCUT2D eigenvalue weighted by Gasteiger charge is 2.68. The molecule has 1 aromatic rings. The largest absolute Gasteiger partial charge is 0.477 e. The smallest absolute Gasteiger partial charge is 0.404 e. The molecule has 4 fully saturated rings. The highest BCUT2D eigenvalue weighted by atomic mass is 35.5. The van der Waals surface area contributed by atoms with Crippen molar-refractivity contribution in [1.29, 1.82) is 0 Å². The number of benzene rings is 1. The van der Waals surface area contributed by atoms with E-state index in [-0.39, 0.29) is 24.1 Å².